The van der Waals surface area contributed by atoms with Gasteiger partial charge >= 0.3 is 0 Å². The molecule has 1 N–H and O–H groups in total. The van der Waals surface area contributed by atoms with Gasteiger partial charge in [-0.1, -0.05) is 0 Å². The number of aromatic nitrogens is 2. The van der Waals surface area contributed by atoms with Crippen molar-refractivity contribution in [1.29, 1.82) is 0 Å². The summed E-state index contributed by atoms with van der Waals surface area (Å²) in [6.07, 6.45) is 5.13. The van der Waals surface area contributed by atoms with E-state index in [0.717, 1.165) is 34.9 Å². The highest BCUT2D eigenvalue weighted by Gasteiger charge is 2.21. The third kappa shape index (κ3) is 2.57. The number of nitrogens with one attached hydrogen (secondary N) is 1. The van der Waals surface area contributed by atoms with E-state index in [2.05, 4.69) is 15.3 Å². The van der Waals surface area contributed by atoms with Gasteiger partial charge < -0.3 is 14.8 Å². The Morgan fingerprint density at radius 3 is 2.96 bits per heavy atom. The van der Waals surface area contributed by atoms with Gasteiger partial charge in [0.15, 0.2) is 11.5 Å². The Morgan fingerprint density at radius 1 is 1.21 bits per heavy atom. The average molecular weight is 341 g/mol. The fourth-order valence-electron chi connectivity index (χ4n) is 3.18. The Bertz CT molecular complexity index is 891. The van der Waals surface area contributed by atoms with E-state index >= 15 is 0 Å². The van der Waals surface area contributed by atoms with Gasteiger partial charge in [-0.2, -0.15) is 0 Å². The zero-order chi connectivity index (χ0) is 16.5. The van der Waals surface area contributed by atoms with Gasteiger partial charge in [0.2, 0.25) is 0 Å². The smallest absolute Gasteiger partial charge is 0.162 e. The SMILES string of the molecule is CCOc1ccc(Nc2ncnc3sc4c(c23)CCC4)cc1OC. The number of hydrogen-bond acceptors (Lipinski definition) is 6. The zero-order valence-corrected chi connectivity index (χ0v) is 14.6. The molecule has 24 heavy (non-hydrogen) atoms. The van der Waals surface area contributed by atoms with Crippen LogP contribution in [-0.2, 0) is 12.8 Å². The highest BCUT2D eigenvalue weighted by atomic mass is 32.1. The zero-order valence-electron chi connectivity index (χ0n) is 13.8. The minimum atomic E-state index is 0.608. The van der Waals surface area contributed by atoms with Crippen LogP contribution >= 0.6 is 11.3 Å². The van der Waals surface area contributed by atoms with Gasteiger partial charge in [-0.05, 0) is 43.9 Å². The lowest BCUT2D eigenvalue weighted by Crippen LogP contribution is -1.99. The number of benzene rings is 1. The quantitative estimate of drug-likeness (QED) is 0.748. The van der Waals surface area contributed by atoms with Crippen LogP contribution in [0.15, 0.2) is 24.5 Å². The maximum absolute atomic E-state index is 5.57. The van der Waals surface area contributed by atoms with Crippen molar-refractivity contribution in [2.45, 2.75) is 26.2 Å². The van der Waals surface area contributed by atoms with Crippen LogP contribution in [0, 0.1) is 0 Å². The van der Waals surface area contributed by atoms with Crippen LogP contribution in [0.4, 0.5) is 11.5 Å². The van der Waals surface area contributed by atoms with Crippen LogP contribution in [0.25, 0.3) is 10.2 Å². The van der Waals surface area contributed by atoms with E-state index in [1.165, 1.54) is 22.2 Å². The molecule has 0 atom stereocenters. The molecule has 6 heteroatoms. The van der Waals surface area contributed by atoms with Gasteiger partial charge in [-0.15, -0.1) is 11.3 Å². The first kappa shape index (κ1) is 15.2. The molecule has 1 aromatic carbocycles. The van der Waals surface area contributed by atoms with Crippen molar-refractivity contribution in [2.24, 2.45) is 0 Å². The second-order valence-electron chi connectivity index (χ2n) is 5.68. The Hall–Kier alpha value is -2.34. The number of hydrogen-bond donors (Lipinski definition) is 1. The molecular formula is C18H19N3O2S. The number of nitrogens with zero attached hydrogens (tertiary/aromatic N) is 2. The predicted octanol–water partition coefficient (Wildman–Crippen LogP) is 4.33. The molecule has 0 amide bonds. The summed E-state index contributed by atoms with van der Waals surface area (Å²) in [4.78, 5) is 11.4. The van der Waals surface area contributed by atoms with Crippen LogP contribution in [0.5, 0.6) is 11.5 Å². The van der Waals surface area contributed by atoms with E-state index in [0.29, 0.717) is 12.4 Å². The van der Waals surface area contributed by atoms with Crippen molar-refractivity contribution >= 4 is 33.1 Å². The largest absolute Gasteiger partial charge is 0.493 e. The molecule has 1 aliphatic rings. The maximum atomic E-state index is 5.57. The summed E-state index contributed by atoms with van der Waals surface area (Å²) in [6.45, 7) is 2.57. The second-order valence-corrected chi connectivity index (χ2v) is 6.77. The van der Waals surface area contributed by atoms with Crippen LogP contribution in [0.2, 0.25) is 0 Å². The van der Waals surface area contributed by atoms with E-state index < -0.39 is 0 Å². The van der Waals surface area contributed by atoms with E-state index in [9.17, 15) is 0 Å². The Labute approximate surface area is 144 Å². The Balaban J connectivity index is 1.72. The molecule has 5 nitrogen and oxygen atoms in total. The summed E-state index contributed by atoms with van der Waals surface area (Å²) < 4.78 is 11.0. The molecule has 0 fully saturated rings. The van der Waals surface area contributed by atoms with Crippen molar-refractivity contribution in [3.8, 4) is 11.5 Å². The molecule has 4 rings (SSSR count). The Kier molecular flexibility index (Phi) is 3.98. The minimum absolute atomic E-state index is 0.608. The molecule has 2 aromatic heterocycles. The van der Waals surface area contributed by atoms with E-state index in [4.69, 9.17) is 9.47 Å². The molecule has 0 aliphatic heterocycles. The first-order valence-corrected chi connectivity index (χ1v) is 8.95. The summed E-state index contributed by atoms with van der Waals surface area (Å²) in [5.41, 5.74) is 2.34. The minimum Gasteiger partial charge on any atom is -0.493 e. The highest BCUT2D eigenvalue weighted by Crippen LogP contribution is 2.40. The average Bonchev–Trinajstić information content (AvgIpc) is 3.17. The first-order valence-electron chi connectivity index (χ1n) is 8.13. The fourth-order valence-corrected chi connectivity index (χ4v) is 4.41. The fraction of sp³-hybridized carbons (Fsp3) is 0.333. The monoisotopic (exact) mass is 341 g/mol. The third-order valence-electron chi connectivity index (χ3n) is 4.23. The molecule has 0 saturated heterocycles. The molecule has 2 heterocycles. The maximum Gasteiger partial charge on any atom is 0.162 e. The number of rotatable bonds is 5. The number of ether oxygens (including phenoxy) is 2. The normalized spacial score (nSPS) is 13.1. The Morgan fingerprint density at radius 2 is 2.12 bits per heavy atom. The molecular weight excluding hydrogens is 322 g/mol. The molecule has 0 unspecified atom stereocenters. The number of thiophene rings is 1. The lowest BCUT2D eigenvalue weighted by atomic mass is 10.2. The third-order valence-corrected chi connectivity index (χ3v) is 5.43. The van der Waals surface area contributed by atoms with E-state index in [-0.39, 0.29) is 0 Å². The second kappa shape index (κ2) is 6.28. The van der Waals surface area contributed by atoms with Crippen molar-refractivity contribution in [1.82, 2.24) is 9.97 Å². The number of methoxy groups -OCH3 is 1. The number of fused-ring (bicyclic) bond motifs is 3. The number of anilines is 2. The van der Waals surface area contributed by atoms with Crippen molar-refractivity contribution in [3.63, 3.8) is 0 Å². The van der Waals surface area contributed by atoms with Gasteiger partial charge in [-0.3, -0.25) is 0 Å². The number of aryl methyl sites for hydroxylation is 2. The summed E-state index contributed by atoms with van der Waals surface area (Å²) >= 11 is 1.79. The van der Waals surface area contributed by atoms with Crippen LogP contribution in [-0.4, -0.2) is 23.7 Å². The molecule has 1 aliphatic carbocycles. The molecule has 0 saturated carbocycles. The topological polar surface area (TPSA) is 56.3 Å². The molecule has 124 valence electrons. The van der Waals surface area contributed by atoms with Gasteiger partial charge in [0.1, 0.15) is 17.0 Å². The lowest BCUT2D eigenvalue weighted by Gasteiger charge is -2.12. The van der Waals surface area contributed by atoms with Crippen LogP contribution in [0.3, 0.4) is 0 Å². The van der Waals surface area contributed by atoms with Gasteiger partial charge in [0.25, 0.3) is 0 Å². The van der Waals surface area contributed by atoms with Gasteiger partial charge in [-0.25, -0.2) is 9.97 Å². The lowest BCUT2D eigenvalue weighted by molar-refractivity contribution is 0.311. The van der Waals surface area contributed by atoms with Crippen molar-refractivity contribution < 1.29 is 9.47 Å². The molecule has 0 radical (unpaired) electrons. The van der Waals surface area contributed by atoms with Crippen LogP contribution < -0.4 is 14.8 Å². The highest BCUT2D eigenvalue weighted by molar-refractivity contribution is 7.19. The molecule has 0 bridgehead atoms. The van der Waals surface area contributed by atoms with Gasteiger partial charge in [0, 0.05) is 16.6 Å². The summed E-state index contributed by atoms with van der Waals surface area (Å²) in [5.74, 6) is 2.32. The van der Waals surface area contributed by atoms with Crippen molar-refractivity contribution in [3.05, 3.63) is 35.0 Å². The van der Waals surface area contributed by atoms with Gasteiger partial charge in [0.05, 0.1) is 19.1 Å². The summed E-state index contributed by atoms with van der Waals surface area (Å²) in [7, 11) is 1.65. The van der Waals surface area contributed by atoms with Crippen LogP contribution in [0.1, 0.15) is 23.8 Å². The summed E-state index contributed by atoms with van der Waals surface area (Å²) in [5, 5.41) is 4.60. The molecule has 3 aromatic rings. The summed E-state index contributed by atoms with van der Waals surface area (Å²) in [6, 6.07) is 5.83. The first-order chi connectivity index (χ1) is 11.8. The molecule has 0 spiro atoms. The van der Waals surface area contributed by atoms with Crippen molar-refractivity contribution in [2.75, 3.05) is 19.0 Å². The predicted molar refractivity (Wildman–Crippen MR) is 96.9 cm³/mol. The van der Waals surface area contributed by atoms with E-state index in [1.54, 1.807) is 24.8 Å². The van der Waals surface area contributed by atoms with E-state index in [1.807, 2.05) is 25.1 Å². The standard InChI is InChI=1S/C18H19N3O2S/c1-3-23-13-8-7-11(9-14(13)22-2)21-17-16-12-5-4-6-15(12)24-18(16)20-10-19-17/h7-10H,3-6H2,1-2H3,(H,19,20,21).